The number of carbonyl (C=O) groups excluding carboxylic acids is 3. The summed E-state index contributed by atoms with van der Waals surface area (Å²) in [6, 6.07) is 7.24. The van der Waals surface area contributed by atoms with Gasteiger partial charge in [0.25, 0.3) is 5.91 Å². The summed E-state index contributed by atoms with van der Waals surface area (Å²) in [7, 11) is 0. The molecule has 1 aliphatic rings. The summed E-state index contributed by atoms with van der Waals surface area (Å²) in [5.74, 6) is 0.515. The Hall–Kier alpha value is -1.67. The van der Waals surface area contributed by atoms with Crippen molar-refractivity contribution in [3.63, 3.8) is 0 Å². The van der Waals surface area contributed by atoms with Crippen LogP contribution in [0.1, 0.15) is 26.9 Å². The van der Waals surface area contributed by atoms with Crippen molar-refractivity contribution < 1.29 is 19.1 Å². The number of ether oxygens (including phenoxy) is 1. The zero-order valence-electron chi connectivity index (χ0n) is 12.4. The van der Waals surface area contributed by atoms with E-state index >= 15 is 0 Å². The summed E-state index contributed by atoms with van der Waals surface area (Å²) < 4.78 is 5.30. The van der Waals surface area contributed by atoms with E-state index in [1.807, 2.05) is 35.7 Å². The third-order valence-electron chi connectivity index (χ3n) is 3.04. The van der Waals surface area contributed by atoms with Crippen LogP contribution in [0.3, 0.4) is 0 Å². The van der Waals surface area contributed by atoms with Gasteiger partial charge in [0.15, 0.2) is 6.61 Å². The van der Waals surface area contributed by atoms with Gasteiger partial charge in [-0.2, -0.15) is 0 Å². The molecule has 23 heavy (non-hydrogen) atoms. The first-order chi connectivity index (χ1) is 11.1. The Balaban J connectivity index is 1.82. The highest BCUT2D eigenvalue weighted by molar-refractivity contribution is 8.16. The predicted molar refractivity (Wildman–Crippen MR) is 91.2 cm³/mol. The van der Waals surface area contributed by atoms with Crippen LogP contribution in [0, 0.1) is 0 Å². The van der Waals surface area contributed by atoms with Crippen LogP contribution in [-0.4, -0.2) is 42.4 Å². The number of thioether (sulfide) groups is 2. The number of amides is 2. The van der Waals surface area contributed by atoms with Crippen molar-refractivity contribution in [3.05, 3.63) is 35.4 Å². The van der Waals surface area contributed by atoms with Gasteiger partial charge in [0, 0.05) is 0 Å². The number of benzene rings is 1. The van der Waals surface area contributed by atoms with E-state index < -0.39 is 24.4 Å². The van der Waals surface area contributed by atoms with Gasteiger partial charge in [-0.25, -0.2) is 4.79 Å². The van der Waals surface area contributed by atoms with E-state index in [2.05, 4.69) is 5.32 Å². The van der Waals surface area contributed by atoms with Crippen LogP contribution in [0.15, 0.2) is 24.3 Å². The molecule has 0 unspecified atom stereocenters. The molecule has 124 valence electrons. The molecular weight excluding hydrogens is 336 g/mol. The number of hydrogen-bond acceptors (Lipinski definition) is 6. The van der Waals surface area contributed by atoms with Crippen LogP contribution in [0.4, 0.5) is 0 Å². The SMILES string of the molecule is NC(=O)CNC(=O)COC(=O)c1ccc(C2SCCCS2)cc1. The fourth-order valence-electron chi connectivity index (χ4n) is 1.91. The number of carbonyl (C=O) groups is 3. The zero-order chi connectivity index (χ0) is 16.7. The molecule has 1 aliphatic heterocycles. The molecule has 1 aromatic carbocycles. The molecule has 1 heterocycles. The van der Waals surface area contributed by atoms with Crippen molar-refractivity contribution in [2.24, 2.45) is 5.73 Å². The summed E-state index contributed by atoms with van der Waals surface area (Å²) in [6.07, 6.45) is 1.23. The fourth-order valence-corrected chi connectivity index (χ4v) is 4.80. The summed E-state index contributed by atoms with van der Waals surface area (Å²) in [5.41, 5.74) is 6.47. The lowest BCUT2D eigenvalue weighted by Crippen LogP contribution is -2.35. The molecule has 3 N–H and O–H groups in total. The first-order valence-corrected chi connectivity index (χ1v) is 9.21. The zero-order valence-corrected chi connectivity index (χ0v) is 14.1. The van der Waals surface area contributed by atoms with Crippen LogP contribution in [0.2, 0.25) is 0 Å². The highest BCUT2D eigenvalue weighted by Gasteiger charge is 2.17. The highest BCUT2D eigenvalue weighted by atomic mass is 32.2. The lowest BCUT2D eigenvalue weighted by Gasteiger charge is -2.21. The molecular formula is C15H18N2O4S2. The number of nitrogens with one attached hydrogen (secondary N) is 1. The minimum absolute atomic E-state index is 0.276. The Kier molecular flexibility index (Phi) is 6.79. The van der Waals surface area contributed by atoms with E-state index in [-0.39, 0.29) is 6.54 Å². The number of primary amides is 1. The second kappa shape index (κ2) is 8.83. The van der Waals surface area contributed by atoms with Crippen molar-refractivity contribution >= 4 is 41.3 Å². The van der Waals surface area contributed by atoms with E-state index in [9.17, 15) is 14.4 Å². The Morgan fingerprint density at radius 2 is 1.83 bits per heavy atom. The molecule has 0 atom stereocenters. The van der Waals surface area contributed by atoms with Crippen molar-refractivity contribution in [2.45, 2.75) is 11.0 Å². The molecule has 1 fully saturated rings. The Labute approximate surface area is 142 Å². The third kappa shape index (κ3) is 5.80. The molecule has 0 aromatic heterocycles. The summed E-state index contributed by atoms with van der Waals surface area (Å²) in [6.45, 7) is -0.718. The summed E-state index contributed by atoms with van der Waals surface area (Å²) >= 11 is 3.82. The van der Waals surface area contributed by atoms with Crippen molar-refractivity contribution in [3.8, 4) is 0 Å². The van der Waals surface area contributed by atoms with Gasteiger partial charge in [-0.1, -0.05) is 12.1 Å². The molecule has 2 amide bonds. The average molecular weight is 354 g/mol. The molecule has 0 radical (unpaired) electrons. The van der Waals surface area contributed by atoms with E-state index in [0.717, 1.165) is 11.5 Å². The predicted octanol–water partition coefficient (Wildman–Crippen LogP) is 1.31. The molecule has 2 rings (SSSR count). The molecule has 0 spiro atoms. The summed E-state index contributed by atoms with van der Waals surface area (Å²) in [5, 5.41) is 2.24. The monoisotopic (exact) mass is 354 g/mol. The van der Waals surface area contributed by atoms with Gasteiger partial charge in [-0.3, -0.25) is 9.59 Å². The van der Waals surface area contributed by atoms with Crippen LogP contribution < -0.4 is 11.1 Å². The van der Waals surface area contributed by atoms with Gasteiger partial charge in [-0.15, -0.1) is 23.5 Å². The normalized spacial score (nSPS) is 15.0. The van der Waals surface area contributed by atoms with E-state index in [1.165, 1.54) is 12.0 Å². The molecule has 0 bridgehead atoms. The quantitative estimate of drug-likeness (QED) is 0.748. The topological polar surface area (TPSA) is 98.5 Å². The van der Waals surface area contributed by atoms with Crippen LogP contribution in [0.5, 0.6) is 0 Å². The van der Waals surface area contributed by atoms with Crippen molar-refractivity contribution in [2.75, 3.05) is 24.7 Å². The van der Waals surface area contributed by atoms with E-state index in [4.69, 9.17) is 10.5 Å². The lowest BCUT2D eigenvalue weighted by atomic mass is 10.1. The first-order valence-electron chi connectivity index (χ1n) is 7.11. The average Bonchev–Trinajstić information content (AvgIpc) is 2.58. The third-order valence-corrected chi connectivity index (χ3v) is 6.05. The molecule has 1 saturated heterocycles. The lowest BCUT2D eigenvalue weighted by molar-refractivity contribution is -0.127. The number of hydrogen-bond donors (Lipinski definition) is 2. The van der Waals surface area contributed by atoms with Gasteiger partial charge in [-0.05, 0) is 35.6 Å². The molecule has 0 aliphatic carbocycles. The first kappa shape index (κ1) is 17.7. The minimum Gasteiger partial charge on any atom is -0.452 e. The second-order valence-corrected chi connectivity index (χ2v) is 7.59. The number of nitrogens with two attached hydrogens (primary N) is 1. The smallest absolute Gasteiger partial charge is 0.338 e. The molecule has 0 saturated carbocycles. The van der Waals surface area contributed by atoms with Gasteiger partial charge in [0.2, 0.25) is 5.91 Å². The Bertz CT molecular complexity index is 571. The largest absolute Gasteiger partial charge is 0.452 e. The minimum atomic E-state index is -0.654. The molecule has 8 heteroatoms. The maximum absolute atomic E-state index is 11.9. The highest BCUT2D eigenvalue weighted by Crippen LogP contribution is 2.43. The molecule has 1 aromatic rings. The maximum Gasteiger partial charge on any atom is 0.338 e. The van der Waals surface area contributed by atoms with E-state index in [0.29, 0.717) is 10.1 Å². The Morgan fingerprint density at radius 3 is 2.43 bits per heavy atom. The van der Waals surface area contributed by atoms with Gasteiger partial charge < -0.3 is 15.8 Å². The van der Waals surface area contributed by atoms with Gasteiger partial charge in [0.1, 0.15) is 0 Å². The Morgan fingerprint density at radius 1 is 1.17 bits per heavy atom. The second-order valence-electron chi connectivity index (χ2n) is 4.87. The summed E-state index contributed by atoms with van der Waals surface area (Å²) in [4.78, 5) is 33.7. The van der Waals surface area contributed by atoms with Crippen LogP contribution in [-0.2, 0) is 14.3 Å². The fraction of sp³-hybridized carbons (Fsp3) is 0.400. The van der Waals surface area contributed by atoms with Gasteiger partial charge >= 0.3 is 5.97 Å². The van der Waals surface area contributed by atoms with Crippen LogP contribution in [0.25, 0.3) is 0 Å². The standard InChI is InChI=1S/C15H18N2O4S2/c16-12(18)8-17-13(19)9-21-14(20)10-2-4-11(5-3-10)15-22-6-1-7-23-15/h2-5,15H,1,6-9H2,(H2,16,18)(H,17,19). The number of rotatable bonds is 6. The maximum atomic E-state index is 11.9. The van der Waals surface area contributed by atoms with E-state index in [1.54, 1.807) is 12.1 Å². The number of esters is 1. The van der Waals surface area contributed by atoms with Crippen LogP contribution >= 0.6 is 23.5 Å². The van der Waals surface area contributed by atoms with Gasteiger partial charge in [0.05, 0.1) is 16.7 Å². The van der Waals surface area contributed by atoms with Crippen molar-refractivity contribution in [1.82, 2.24) is 5.32 Å². The molecule has 6 nitrogen and oxygen atoms in total. The van der Waals surface area contributed by atoms with Crippen molar-refractivity contribution in [1.29, 1.82) is 0 Å².